The molecule has 0 aliphatic heterocycles. The molecule has 0 bridgehead atoms. The van der Waals surface area contributed by atoms with E-state index < -0.39 is 0 Å². The van der Waals surface area contributed by atoms with Gasteiger partial charge in [-0.15, -0.1) is 11.8 Å². The van der Waals surface area contributed by atoms with Crippen molar-refractivity contribution in [3.63, 3.8) is 0 Å². The summed E-state index contributed by atoms with van der Waals surface area (Å²) in [5, 5.41) is 12.9. The number of nitrogens with zero attached hydrogens (tertiary/aromatic N) is 2. The molecule has 3 N–H and O–H groups in total. The summed E-state index contributed by atoms with van der Waals surface area (Å²) in [5.74, 6) is 0.210. The number of hydrogen-bond donors (Lipinski definition) is 2. The van der Waals surface area contributed by atoms with E-state index in [9.17, 15) is 0 Å². The largest absolute Gasteiger partial charge is 0.409 e. The Morgan fingerprint density at radius 1 is 1.80 bits per heavy atom. The molecule has 0 aromatic carbocycles. The number of amidine groups is 1. The Morgan fingerprint density at radius 2 is 2.53 bits per heavy atom. The SMILES string of the molecule is CC(CC(N)=NO)Sc1ncccc1Cl. The van der Waals surface area contributed by atoms with Gasteiger partial charge < -0.3 is 10.9 Å². The van der Waals surface area contributed by atoms with E-state index in [1.54, 1.807) is 18.3 Å². The Kier molecular flexibility index (Phi) is 4.71. The maximum atomic E-state index is 8.42. The van der Waals surface area contributed by atoms with Crippen LogP contribution >= 0.6 is 23.4 Å². The van der Waals surface area contributed by atoms with Gasteiger partial charge in [-0.2, -0.15) is 0 Å². The Balaban J connectivity index is 2.59. The predicted octanol–water partition coefficient (Wildman–Crippen LogP) is 2.35. The van der Waals surface area contributed by atoms with Gasteiger partial charge in [-0.25, -0.2) is 4.98 Å². The molecule has 1 atom stereocenters. The van der Waals surface area contributed by atoms with E-state index in [1.165, 1.54) is 11.8 Å². The molecular weight excluding hydrogens is 234 g/mol. The summed E-state index contributed by atoms with van der Waals surface area (Å²) in [4.78, 5) is 4.14. The lowest BCUT2D eigenvalue weighted by Gasteiger charge is -2.09. The maximum absolute atomic E-state index is 8.42. The van der Waals surface area contributed by atoms with Gasteiger partial charge >= 0.3 is 0 Å². The Bertz CT molecular complexity index is 359. The average molecular weight is 246 g/mol. The first-order valence-corrected chi connectivity index (χ1v) is 5.63. The predicted molar refractivity (Wildman–Crippen MR) is 62.6 cm³/mol. The monoisotopic (exact) mass is 245 g/mol. The lowest BCUT2D eigenvalue weighted by Crippen LogP contribution is -2.16. The molecular formula is C9H12ClN3OS. The van der Waals surface area contributed by atoms with Gasteiger partial charge in [0, 0.05) is 17.9 Å². The number of pyridine rings is 1. The molecule has 0 fully saturated rings. The summed E-state index contributed by atoms with van der Waals surface area (Å²) in [6, 6.07) is 3.56. The van der Waals surface area contributed by atoms with E-state index in [-0.39, 0.29) is 11.1 Å². The number of oxime groups is 1. The van der Waals surface area contributed by atoms with Crippen molar-refractivity contribution >= 4 is 29.2 Å². The number of rotatable bonds is 4. The van der Waals surface area contributed by atoms with E-state index in [1.807, 2.05) is 6.92 Å². The molecule has 0 aliphatic carbocycles. The first-order chi connectivity index (χ1) is 7.13. The van der Waals surface area contributed by atoms with Crippen LogP contribution in [0.1, 0.15) is 13.3 Å². The fraction of sp³-hybridized carbons (Fsp3) is 0.333. The highest BCUT2D eigenvalue weighted by Crippen LogP contribution is 2.28. The second kappa shape index (κ2) is 5.82. The molecule has 6 heteroatoms. The minimum atomic E-state index is 0.160. The van der Waals surface area contributed by atoms with Crippen molar-refractivity contribution in [2.24, 2.45) is 10.9 Å². The summed E-state index contributed by atoms with van der Waals surface area (Å²) in [5.41, 5.74) is 5.40. The molecule has 0 radical (unpaired) electrons. The van der Waals surface area contributed by atoms with Crippen molar-refractivity contribution < 1.29 is 5.21 Å². The van der Waals surface area contributed by atoms with Gasteiger partial charge in [0.15, 0.2) is 0 Å². The zero-order valence-corrected chi connectivity index (χ0v) is 9.79. The minimum Gasteiger partial charge on any atom is -0.409 e. The molecule has 1 aromatic heterocycles. The third-order valence-corrected chi connectivity index (χ3v) is 3.20. The van der Waals surface area contributed by atoms with Gasteiger partial charge in [-0.05, 0) is 12.1 Å². The van der Waals surface area contributed by atoms with Gasteiger partial charge in [-0.3, -0.25) is 0 Å². The van der Waals surface area contributed by atoms with E-state index in [2.05, 4.69) is 10.1 Å². The van der Waals surface area contributed by atoms with Crippen LogP contribution in [-0.2, 0) is 0 Å². The molecule has 0 saturated carbocycles. The van der Waals surface area contributed by atoms with Crippen LogP contribution in [0.25, 0.3) is 0 Å². The average Bonchev–Trinajstić information content (AvgIpc) is 2.21. The van der Waals surface area contributed by atoms with Crippen LogP contribution in [0.4, 0.5) is 0 Å². The molecule has 4 nitrogen and oxygen atoms in total. The molecule has 1 heterocycles. The third kappa shape index (κ3) is 3.97. The molecule has 82 valence electrons. The lowest BCUT2D eigenvalue weighted by atomic mass is 10.3. The van der Waals surface area contributed by atoms with Crippen LogP contribution in [0.5, 0.6) is 0 Å². The zero-order chi connectivity index (χ0) is 11.3. The van der Waals surface area contributed by atoms with E-state index in [4.69, 9.17) is 22.5 Å². The summed E-state index contributed by atoms with van der Waals surface area (Å²) in [7, 11) is 0. The Hall–Kier alpha value is -0.940. The number of thioether (sulfide) groups is 1. The molecule has 0 aliphatic rings. The molecule has 0 amide bonds. The van der Waals surface area contributed by atoms with Crippen LogP contribution in [0.2, 0.25) is 5.02 Å². The van der Waals surface area contributed by atoms with Gasteiger partial charge in [-0.1, -0.05) is 23.7 Å². The van der Waals surface area contributed by atoms with Gasteiger partial charge in [0.1, 0.15) is 10.9 Å². The fourth-order valence-electron chi connectivity index (χ4n) is 1.03. The topological polar surface area (TPSA) is 71.5 Å². The molecule has 15 heavy (non-hydrogen) atoms. The van der Waals surface area contributed by atoms with Crippen LogP contribution in [0.3, 0.4) is 0 Å². The molecule has 1 unspecified atom stereocenters. The summed E-state index contributed by atoms with van der Waals surface area (Å²) >= 11 is 7.44. The van der Waals surface area contributed by atoms with Gasteiger partial charge in [0.05, 0.1) is 5.02 Å². The minimum absolute atomic E-state index is 0.160. The number of hydrogen-bond acceptors (Lipinski definition) is 4. The normalized spacial score (nSPS) is 13.9. The smallest absolute Gasteiger partial charge is 0.140 e. The number of halogens is 1. The first-order valence-electron chi connectivity index (χ1n) is 4.37. The van der Waals surface area contributed by atoms with Crippen molar-refractivity contribution in [2.75, 3.05) is 0 Å². The lowest BCUT2D eigenvalue weighted by molar-refractivity contribution is 0.317. The van der Waals surface area contributed by atoms with Gasteiger partial charge in [0.25, 0.3) is 0 Å². The van der Waals surface area contributed by atoms with E-state index in [0.717, 1.165) is 5.03 Å². The highest BCUT2D eigenvalue weighted by atomic mass is 35.5. The van der Waals surface area contributed by atoms with E-state index >= 15 is 0 Å². The van der Waals surface area contributed by atoms with Crippen LogP contribution < -0.4 is 5.73 Å². The first kappa shape index (κ1) is 12.1. The highest BCUT2D eigenvalue weighted by molar-refractivity contribution is 8.00. The summed E-state index contributed by atoms with van der Waals surface area (Å²) in [6.45, 7) is 1.97. The van der Waals surface area contributed by atoms with Gasteiger partial charge in [0.2, 0.25) is 0 Å². The van der Waals surface area contributed by atoms with Crippen LogP contribution in [-0.4, -0.2) is 21.3 Å². The number of aromatic nitrogens is 1. The number of nitrogens with two attached hydrogens (primary N) is 1. The second-order valence-electron chi connectivity index (χ2n) is 3.01. The Morgan fingerprint density at radius 3 is 3.13 bits per heavy atom. The third-order valence-electron chi connectivity index (χ3n) is 1.66. The summed E-state index contributed by atoms with van der Waals surface area (Å²) in [6.07, 6.45) is 2.18. The Labute approximate surface area is 97.5 Å². The van der Waals surface area contributed by atoms with Crippen LogP contribution in [0, 0.1) is 0 Å². The van der Waals surface area contributed by atoms with Crippen molar-refractivity contribution in [2.45, 2.75) is 23.6 Å². The zero-order valence-electron chi connectivity index (χ0n) is 8.22. The van der Waals surface area contributed by atoms with Crippen molar-refractivity contribution in [1.82, 2.24) is 4.98 Å². The van der Waals surface area contributed by atoms with Crippen molar-refractivity contribution in [3.8, 4) is 0 Å². The quantitative estimate of drug-likeness (QED) is 0.281. The van der Waals surface area contributed by atoms with Crippen molar-refractivity contribution in [1.29, 1.82) is 0 Å². The maximum Gasteiger partial charge on any atom is 0.140 e. The molecule has 0 saturated heterocycles. The van der Waals surface area contributed by atoms with Crippen molar-refractivity contribution in [3.05, 3.63) is 23.4 Å². The summed E-state index contributed by atoms with van der Waals surface area (Å²) < 4.78 is 0. The van der Waals surface area contributed by atoms with E-state index in [0.29, 0.717) is 11.4 Å². The fourth-order valence-corrected chi connectivity index (χ4v) is 2.22. The standard InChI is InChI=1S/C9H12ClN3OS/c1-6(5-8(11)13-14)15-9-7(10)3-2-4-12-9/h2-4,6,14H,5H2,1H3,(H2,11,13). The molecule has 1 aromatic rings. The van der Waals surface area contributed by atoms with Crippen LogP contribution in [0.15, 0.2) is 28.5 Å². The highest BCUT2D eigenvalue weighted by Gasteiger charge is 2.10. The molecule has 1 rings (SSSR count). The second-order valence-corrected chi connectivity index (χ2v) is 4.85. The molecule has 0 spiro atoms.